The first-order chi connectivity index (χ1) is 6.13. The third kappa shape index (κ3) is 2.86. The molecule has 0 aliphatic carbocycles. The molecule has 0 bridgehead atoms. The molecule has 1 aromatic heterocycles. The number of aryl methyl sites for hydroxylation is 1. The van der Waals surface area contributed by atoms with Gasteiger partial charge in [-0.25, -0.2) is 0 Å². The highest BCUT2D eigenvalue weighted by atomic mass is 16.3. The maximum Gasteiger partial charge on any atom is 0.120 e. The van der Waals surface area contributed by atoms with E-state index < -0.39 is 0 Å². The van der Waals surface area contributed by atoms with Crippen molar-refractivity contribution in [2.45, 2.75) is 32.9 Å². The van der Waals surface area contributed by atoms with Gasteiger partial charge >= 0.3 is 0 Å². The zero-order valence-corrected chi connectivity index (χ0v) is 8.37. The topological polar surface area (TPSA) is 45.4 Å². The average molecular weight is 183 g/mol. The quantitative estimate of drug-likeness (QED) is 0.745. The molecule has 0 aromatic carbocycles. The Morgan fingerprint density at radius 3 is 2.62 bits per heavy atom. The summed E-state index contributed by atoms with van der Waals surface area (Å²) in [5.74, 6) is 1.83. The number of hydrogen-bond acceptors (Lipinski definition) is 3. The lowest BCUT2D eigenvalue weighted by atomic mass is 10.2. The lowest BCUT2D eigenvalue weighted by Crippen LogP contribution is -2.31. The zero-order chi connectivity index (χ0) is 9.84. The van der Waals surface area contributed by atoms with Gasteiger partial charge in [0.25, 0.3) is 0 Å². The van der Waals surface area contributed by atoms with Crippen LogP contribution >= 0.6 is 0 Å². The smallest absolute Gasteiger partial charge is 0.120 e. The maximum atomic E-state index is 8.84. The zero-order valence-electron chi connectivity index (χ0n) is 8.37. The summed E-state index contributed by atoms with van der Waals surface area (Å²) in [5, 5.41) is 12.1. The molecule has 0 fully saturated rings. The third-order valence-corrected chi connectivity index (χ3v) is 2.00. The van der Waals surface area contributed by atoms with E-state index in [1.807, 2.05) is 32.9 Å². The molecule has 0 spiro atoms. The van der Waals surface area contributed by atoms with Crippen LogP contribution in [0.25, 0.3) is 0 Å². The summed E-state index contributed by atoms with van der Waals surface area (Å²) in [6.45, 7) is 6.02. The summed E-state index contributed by atoms with van der Waals surface area (Å²) in [4.78, 5) is 0. The van der Waals surface area contributed by atoms with Crippen LogP contribution in [0.3, 0.4) is 0 Å². The van der Waals surface area contributed by atoms with E-state index in [4.69, 9.17) is 9.52 Å². The Hall–Kier alpha value is -0.800. The molecule has 74 valence electrons. The Bertz CT molecular complexity index is 257. The van der Waals surface area contributed by atoms with Crippen molar-refractivity contribution in [2.24, 2.45) is 0 Å². The lowest BCUT2D eigenvalue weighted by molar-refractivity contribution is 0.238. The molecule has 1 unspecified atom stereocenters. The predicted molar refractivity (Wildman–Crippen MR) is 51.5 cm³/mol. The second kappa shape index (κ2) is 4.44. The van der Waals surface area contributed by atoms with Crippen molar-refractivity contribution in [2.75, 3.05) is 6.61 Å². The van der Waals surface area contributed by atoms with Gasteiger partial charge < -0.3 is 14.8 Å². The van der Waals surface area contributed by atoms with Gasteiger partial charge in [0.1, 0.15) is 11.5 Å². The molecule has 1 aromatic rings. The van der Waals surface area contributed by atoms with Crippen LogP contribution in [-0.2, 0) is 0 Å². The van der Waals surface area contributed by atoms with Crippen LogP contribution in [0, 0.1) is 6.92 Å². The molecule has 0 saturated heterocycles. The Labute approximate surface area is 78.8 Å². The van der Waals surface area contributed by atoms with Crippen molar-refractivity contribution in [3.05, 3.63) is 23.7 Å². The van der Waals surface area contributed by atoms with Gasteiger partial charge in [-0.2, -0.15) is 0 Å². The van der Waals surface area contributed by atoms with Gasteiger partial charge in [-0.3, -0.25) is 0 Å². The third-order valence-electron chi connectivity index (χ3n) is 2.00. The molecule has 3 nitrogen and oxygen atoms in total. The Balaban J connectivity index is 2.53. The second-order valence-electron chi connectivity index (χ2n) is 3.42. The molecule has 1 heterocycles. The number of rotatable bonds is 4. The van der Waals surface area contributed by atoms with Crippen LogP contribution in [0.1, 0.15) is 31.4 Å². The summed E-state index contributed by atoms with van der Waals surface area (Å²) in [6.07, 6.45) is 0. The van der Waals surface area contributed by atoms with Gasteiger partial charge in [0.2, 0.25) is 0 Å². The number of hydrogen-bond donors (Lipinski definition) is 2. The molecular weight excluding hydrogens is 166 g/mol. The summed E-state index contributed by atoms with van der Waals surface area (Å²) in [7, 11) is 0. The van der Waals surface area contributed by atoms with Gasteiger partial charge in [-0.05, 0) is 32.9 Å². The molecule has 0 radical (unpaired) electrons. The minimum Gasteiger partial charge on any atom is -0.465 e. The summed E-state index contributed by atoms with van der Waals surface area (Å²) >= 11 is 0. The van der Waals surface area contributed by atoms with Gasteiger partial charge in [0.15, 0.2) is 0 Å². The minimum atomic E-state index is 0.0976. The molecule has 0 amide bonds. The Kier molecular flexibility index (Phi) is 3.51. The fraction of sp³-hybridized carbons (Fsp3) is 0.600. The van der Waals surface area contributed by atoms with E-state index in [0.717, 1.165) is 11.5 Å². The van der Waals surface area contributed by atoms with Crippen molar-refractivity contribution >= 4 is 0 Å². The van der Waals surface area contributed by atoms with Gasteiger partial charge in [-0.1, -0.05) is 0 Å². The first-order valence-electron chi connectivity index (χ1n) is 4.56. The molecule has 2 N–H and O–H groups in total. The fourth-order valence-corrected chi connectivity index (χ4v) is 1.25. The summed E-state index contributed by atoms with van der Waals surface area (Å²) in [6, 6.07) is 4.14. The maximum absolute atomic E-state index is 8.84. The van der Waals surface area contributed by atoms with Crippen LogP contribution in [0.15, 0.2) is 16.5 Å². The molecule has 0 aliphatic rings. The van der Waals surface area contributed by atoms with Crippen molar-refractivity contribution in [3.63, 3.8) is 0 Å². The molecule has 2 atom stereocenters. The Morgan fingerprint density at radius 1 is 1.46 bits per heavy atom. The summed E-state index contributed by atoms with van der Waals surface area (Å²) in [5.41, 5.74) is 0. The van der Waals surface area contributed by atoms with E-state index in [9.17, 15) is 0 Å². The minimum absolute atomic E-state index is 0.0976. The summed E-state index contributed by atoms with van der Waals surface area (Å²) < 4.78 is 5.45. The van der Waals surface area contributed by atoms with Crippen molar-refractivity contribution in [1.29, 1.82) is 0 Å². The SMILES string of the molecule is Cc1ccc(C(C)N[C@H](C)CO)o1. The normalized spacial score (nSPS) is 15.7. The van der Waals surface area contributed by atoms with E-state index in [0.29, 0.717) is 0 Å². The highest BCUT2D eigenvalue weighted by Crippen LogP contribution is 2.15. The highest BCUT2D eigenvalue weighted by molar-refractivity contribution is 5.08. The molecule has 1 rings (SSSR count). The van der Waals surface area contributed by atoms with Gasteiger partial charge in [0, 0.05) is 6.04 Å². The largest absolute Gasteiger partial charge is 0.465 e. The number of aliphatic hydroxyl groups is 1. The molecular formula is C10H17NO2. The van der Waals surface area contributed by atoms with E-state index >= 15 is 0 Å². The van der Waals surface area contributed by atoms with E-state index in [2.05, 4.69) is 5.32 Å². The van der Waals surface area contributed by atoms with Crippen LogP contribution < -0.4 is 5.32 Å². The predicted octanol–water partition coefficient (Wildman–Crippen LogP) is 1.62. The average Bonchev–Trinajstić information content (AvgIpc) is 2.51. The molecule has 13 heavy (non-hydrogen) atoms. The van der Waals surface area contributed by atoms with Crippen LogP contribution in [0.2, 0.25) is 0 Å². The van der Waals surface area contributed by atoms with Crippen molar-refractivity contribution in [3.8, 4) is 0 Å². The fourth-order valence-electron chi connectivity index (χ4n) is 1.25. The Morgan fingerprint density at radius 2 is 2.15 bits per heavy atom. The van der Waals surface area contributed by atoms with Gasteiger partial charge in [-0.15, -0.1) is 0 Å². The lowest BCUT2D eigenvalue weighted by Gasteiger charge is -2.15. The van der Waals surface area contributed by atoms with E-state index in [-0.39, 0.29) is 18.7 Å². The van der Waals surface area contributed by atoms with E-state index in [1.165, 1.54) is 0 Å². The highest BCUT2D eigenvalue weighted by Gasteiger charge is 2.11. The first kappa shape index (κ1) is 10.3. The molecule has 3 heteroatoms. The number of furan rings is 1. The van der Waals surface area contributed by atoms with E-state index in [1.54, 1.807) is 0 Å². The standard InChI is InChI=1S/C10H17NO2/c1-7(6-12)11-9(3)10-5-4-8(2)13-10/h4-5,7,9,11-12H,6H2,1-3H3/t7-,9?/m1/s1. The number of nitrogens with one attached hydrogen (secondary N) is 1. The second-order valence-corrected chi connectivity index (χ2v) is 3.42. The number of aliphatic hydroxyl groups excluding tert-OH is 1. The van der Waals surface area contributed by atoms with Crippen molar-refractivity contribution in [1.82, 2.24) is 5.32 Å². The van der Waals surface area contributed by atoms with Crippen molar-refractivity contribution < 1.29 is 9.52 Å². The molecule has 0 saturated carbocycles. The monoisotopic (exact) mass is 183 g/mol. The van der Waals surface area contributed by atoms with Crippen LogP contribution in [0.5, 0.6) is 0 Å². The van der Waals surface area contributed by atoms with Crippen LogP contribution in [0.4, 0.5) is 0 Å². The first-order valence-corrected chi connectivity index (χ1v) is 4.56. The van der Waals surface area contributed by atoms with Gasteiger partial charge in [0.05, 0.1) is 12.6 Å². The molecule has 0 aliphatic heterocycles. The van der Waals surface area contributed by atoms with Crippen LogP contribution in [-0.4, -0.2) is 17.8 Å².